The Morgan fingerprint density at radius 2 is 1.50 bits per heavy atom. The van der Waals surface area contributed by atoms with Gasteiger partial charge in [0, 0.05) is 40.0 Å². The summed E-state index contributed by atoms with van der Waals surface area (Å²) in [5.74, 6) is -0.565. The first-order valence-electron chi connectivity index (χ1n) is 12.5. The number of carboxylic acid groups (broad SMARTS) is 1. The summed E-state index contributed by atoms with van der Waals surface area (Å²) >= 11 is 0. The van der Waals surface area contributed by atoms with E-state index in [2.05, 4.69) is 10.3 Å². The van der Waals surface area contributed by atoms with Crippen molar-refractivity contribution >= 4 is 44.1 Å². The summed E-state index contributed by atoms with van der Waals surface area (Å²) in [4.78, 5) is 16.4. The molecule has 1 aliphatic heterocycles. The molecule has 0 unspecified atom stereocenters. The second kappa shape index (κ2) is 11.9. The summed E-state index contributed by atoms with van der Waals surface area (Å²) in [6.07, 6.45) is 0. The van der Waals surface area contributed by atoms with Gasteiger partial charge in [0.1, 0.15) is 21.5 Å². The van der Waals surface area contributed by atoms with Gasteiger partial charge in [-0.15, -0.1) is 0 Å². The topological polar surface area (TPSA) is 132 Å². The number of para-hydroxylation sites is 1. The van der Waals surface area contributed by atoms with Crippen LogP contribution >= 0.6 is 0 Å². The van der Waals surface area contributed by atoms with Gasteiger partial charge >= 0.3 is 35.5 Å². The van der Waals surface area contributed by atoms with Crippen molar-refractivity contribution in [3.63, 3.8) is 0 Å². The molecule has 0 aromatic heterocycles. The Hall–Kier alpha value is -4.25. The zero-order chi connectivity index (χ0) is 28.6. The number of nitrogens with one attached hydrogen (secondary N) is 1. The van der Waals surface area contributed by atoms with Crippen LogP contribution in [0.4, 0.5) is 17.1 Å². The largest absolute Gasteiger partial charge is 1.00 e. The number of hydrogen-bond donors (Lipinski definition) is 2. The third-order valence-corrected chi connectivity index (χ3v) is 7.43. The Morgan fingerprint density at radius 1 is 0.786 bits per heavy atom. The number of anilines is 2. The zero-order valence-electron chi connectivity index (χ0n) is 22.3. The number of benzene rings is 5. The summed E-state index contributed by atoms with van der Waals surface area (Å²) in [6.45, 7) is 0. The monoisotopic (exact) mass is 584 g/mol. The Labute approximate surface area is 263 Å². The van der Waals surface area contributed by atoms with Gasteiger partial charge in [-0.25, -0.2) is 18.2 Å². The van der Waals surface area contributed by atoms with Gasteiger partial charge in [0.05, 0.1) is 21.5 Å². The summed E-state index contributed by atoms with van der Waals surface area (Å²) in [7, 11) is -4.56. The number of carbonyl (C=O) groups is 1. The van der Waals surface area contributed by atoms with Gasteiger partial charge in [-0.2, -0.15) is 0 Å². The maximum absolute atomic E-state index is 12.2. The average molecular weight is 585 g/mol. The van der Waals surface area contributed by atoms with Crippen LogP contribution in [-0.2, 0) is 10.1 Å². The van der Waals surface area contributed by atoms with Crippen LogP contribution in [0.2, 0.25) is 0 Å². The number of nitrogens with zero attached hydrogens (tertiary/aromatic N) is 1. The summed E-state index contributed by atoms with van der Waals surface area (Å²) in [6, 6.07) is 32.8. The molecule has 8 nitrogen and oxygen atoms in total. The molecule has 0 bridgehead atoms. The molecule has 10 heteroatoms. The minimum Gasteiger partial charge on any atom is -0.744 e. The van der Waals surface area contributed by atoms with Gasteiger partial charge in [-0.05, 0) is 72.3 Å². The van der Waals surface area contributed by atoms with Crippen molar-refractivity contribution in [2.24, 2.45) is 4.99 Å². The third-order valence-electron chi connectivity index (χ3n) is 6.58. The molecule has 2 aliphatic rings. The Bertz CT molecular complexity index is 2080. The number of rotatable bonds is 6. The average Bonchev–Trinajstić information content (AvgIpc) is 2.96. The Morgan fingerprint density at radius 3 is 2.21 bits per heavy atom. The van der Waals surface area contributed by atoms with Gasteiger partial charge in [0.25, 0.3) is 0 Å². The van der Waals surface area contributed by atoms with Crippen molar-refractivity contribution < 1.29 is 56.8 Å². The minimum absolute atomic E-state index is 0. The molecule has 1 heterocycles. The van der Waals surface area contributed by atoms with Gasteiger partial charge in [-0.1, -0.05) is 36.4 Å². The fourth-order valence-electron chi connectivity index (χ4n) is 4.73. The molecule has 2 N–H and O–H groups in total. The quantitative estimate of drug-likeness (QED) is 0.173. The fraction of sp³-hybridized carbons (Fsp3) is 0. The van der Waals surface area contributed by atoms with Crippen molar-refractivity contribution in [1.82, 2.24) is 0 Å². The molecule has 6 rings (SSSR count). The summed E-state index contributed by atoms with van der Waals surface area (Å²) in [5.41, 5.74) is 4.80. The van der Waals surface area contributed by atoms with Crippen LogP contribution in [0.5, 0.6) is 0 Å². The Kier molecular flexibility index (Phi) is 8.31. The number of fused-ring (bicyclic) bond motifs is 2. The number of hydrogen-bond acceptors (Lipinski definition) is 7. The van der Waals surface area contributed by atoms with Crippen molar-refractivity contribution in [3.8, 4) is 22.5 Å². The molecule has 42 heavy (non-hydrogen) atoms. The van der Waals surface area contributed by atoms with Gasteiger partial charge in [0.2, 0.25) is 0 Å². The Balaban J connectivity index is 0.00000353. The van der Waals surface area contributed by atoms with Gasteiger partial charge < -0.3 is 19.4 Å². The van der Waals surface area contributed by atoms with Crippen molar-refractivity contribution in [2.45, 2.75) is 4.90 Å². The molecule has 0 saturated heterocycles. The van der Waals surface area contributed by atoms with E-state index < -0.39 is 16.1 Å². The smallest absolute Gasteiger partial charge is 0.744 e. The molecule has 1 aliphatic carbocycles. The molecule has 202 valence electrons. The molecule has 4 aromatic rings. The standard InChI is InChI=1S/C32H22N2O6S.Na/c35-32(36)26-9-5-4-8-25(26)31-27-16-12-22(33-20-6-2-1-3-7-20)18-29(27)40-30-19-23(13-17-28(30)31)34-21-10-14-24(15-11-21)41(37,38)39;/h1-19,33H,(H,35,36)(H,37,38,39);/q;+1/p-1. The third kappa shape index (κ3) is 6.01. The number of carboxylic acids is 1. The predicted molar refractivity (Wildman–Crippen MR) is 155 cm³/mol. The first-order chi connectivity index (χ1) is 19.8. The first kappa shape index (κ1) is 29.2. The van der Waals surface area contributed by atoms with Crippen LogP contribution in [-0.4, -0.2) is 24.0 Å². The second-order valence-corrected chi connectivity index (χ2v) is 10.6. The molecular formula is C32H21N2NaO6S. The van der Waals surface area contributed by atoms with E-state index in [1.807, 2.05) is 54.6 Å². The van der Waals surface area contributed by atoms with Crippen molar-refractivity contribution in [2.75, 3.05) is 5.32 Å². The van der Waals surface area contributed by atoms with Crippen LogP contribution in [0.1, 0.15) is 10.4 Å². The predicted octanol–water partition coefficient (Wildman–Crippen LogP) is 3.79. The van der Waals surface area contributed by atoms with E-state index in [1.165, 1.54) is 24.3 Å². The van der Waals surface area contributed by atoms with E-state index in [-0.39, 0.29) is 40.0 Å². The second-order valence-electron chi connectivity index (χ2n) is 9.27. The molecule has 4 aromatic carbocycles. The molecule has 0 saturated carbocycles. The summed E-state index contributed by atoms with van der Waals surface area (Å²) in [5, 5.41) is 14.6. The van der Waals surface area contributed by atoms with Crippen LogP contribution in [0.15, 0.2) is 130 Å². The van der Waals surface area contributed by atoms with E-state index in [0.717, 1.165) is 16.8 Å². The van der Waals surface area contributed by atoms with Gasteiger partial charge in [-0.3, -0.25) is 0 Å². The maximum Gasteiger partial charge on any atom is 1.00 e. The molecule has 0 radical (unpaired) electrons. The zero-order valence-corrected chi connectivity index (χ0v) is 25.1. The molecule has 0 spiro atoms. The molecule has 0 fully saturated rings. The van der Waals surface area contributed by atoms with Crippen LogP contribution in [0.3, 0.4) is 0 Å². The molecule has 0 amide bonds. The molecule has 0 atom stereocenters. The number of aromatic carboxylic acids is 1. The van der Waals surface area contributed by atoms with E-state index in [4.69, 9.17) is 4.42 Å². The molecular weight excluding hydrogens is 563 g/mol. The SMILES string of the molecule is O=C(O)c1ccccc1-c1c2ccc(=Nc3ccc(S(=O)(=O)[O-])cc3)cc-2oc2cc(Nc3ccccc3)ccc12.[Na+]. The fourth-order valence-corrected chi connectivity index (χ4v) is 5.20. The van der Waals surface area contributed by atoms with Crippen molar-refractivity contribution in [1.29, 1.82) is 0 Å². The van der Waals surface area contributed by atoms with Crippen LogP contribution < -0.4 is 40.2 Å². The maximum atomic E-state index is 12.2. The minimum atomic E-state index is -4.56. The van der Waals surface area contributed by atoms with Gasteiger partial charge in [0.15, 0.2) is 0 Å². The summed E-state index contributed by atoms with van der Waals surface area (Å²) < 4.78 is 40.1. The van der Waals surface area contributed by atoms with E-state index in [0.29, 0.717) is 39.1 Å². The van der Waals surface area contributed by atoms with Crippen LogP contribution in [0, 0.1) is 0 Å². The first-order valence-corrected chi connectivity index (χ1v) is 13.9. The normalized spacial score (nSPS) is 11.8. The van der Waals surface area contributed by atoms with Crippen molar-refractivity contribution in [3.05, 3.63) is 126 Å². The van der Waals surface area contributed by atoms with Crippen LogP contribution in [0.25, 0.3) is 33.4 Å². The van der Waals surface area contributed by atoms with E-state index in [1.54, 1.807) is 36.4 Å². The van der Waals surface area contributed by atoms with E-state index >= 15 is 0 Å². The van der Waals surface area contributed by atoms with E-state index in [9.17, 15) is 22.9 Å².